The Hall–Kier alpha value is -3.40. The molecule has 9 nitrogen and oxygen atoms in total. The van der Waals surface area contributed by atoms with Gasteiger partial charge in [-0.25, -0.2) is 4.98 Å². The van der Waals surface area contributed by atoms with Crippen molar-refractivity contribution in [1.82, 2.24) is 20.1 Å². The summed E-state index contributed by atoms with van der Waals surface area (Å²) >= 11 is 0. The molecule has 0 unspecified atom stereocenters. The molecule has 190 valence electrons. The van der Waals surface area contributed by atoms with Crippen molar-refractivity contribution in [3.63, 3.8) is 0 Å². The molecule has 1 fully saturated rings. The zero-order valence-corrected chi connectivity index (χ0v) is 20.6. The minimum Gasteiger partial charge on any atom is -0.454 e. The van der Waals surface area contributed by atoms with E-state index < -0.39 is 0 Å². The van der Waals surface area contributed by atoms with Crippen molar-refractivity contribution in [3.8, 4) is 11.5 Å². The van der Waals surface area contributed by atoms with Crippen molar-refractivity contribution in [2.75, 3.05) is 46.2 Å². The van der Waals surface area contributed by atoms with E-state index in [-0.39, 0.29) is 18.4 Å². The van der Waals surface area contributed by atoms with Gasteiger partial charge in [-0.15, -0.1) is 0 Å². The van der Waals surface area contributed by atoms with Crippen LogP contribution in [0.2, 0.25) is 0 Å². The van der Waals surface area contributed by atoms with E-state index >= 15 is 0 Å². The van der Waals surface area contributed by atoms with Crippen LogP contribution in [-0.4, -0.2) is 66.9 Å². The average molecular weight is 493 g/mol. The second-order valence-electron chi connectivity index (χ2n) is 9.15. The molecule has 2 aliphatic rings. The number of rotatable bonds is 10. The maximum Gasteiger partial charge on any atom is 0.273 e. The Balaban J connectivity index is 1.19. The van der Waals surface area contributed by atoms with E-state index in [0.29, 0.717) is 24.7 Å². The van der Waals surface area contributed by atoms with Gasteiger partial charge in [0, 0.05) is 39.3 Å². The number of aryl methyl sites for hydroxylation is 1. The summed E-state index contributed by atoms with van der Waals surface area (Å²) in [6, 6.07) is 14.1. The molecule has 1 saturated heterocycles. The molecule has 0 bridgehead atoms. The zero-order valence-electron chi connectivity index (χ0n) is 20.6. The lowest BCUT2D eigenvalue weighted by atomic mass is 10.1. The van der Waals surface area contributed by atoms with Crippen LogP contribution in [0.15, 0.2) is 53.1 Å². The van der Waals surface area contributed by atoms with Crippen molar-refractivity contribution >= 4 is 5.91 Å². The molecule has 9 heteroatoms. The molecule has 2 aliphatic heterocycles. The Morgan fingerprint density at radius 2 is 1.92 bits per heavy atom. The van der Waals surface area contributed by atoms with Crippen LogP contribution in [0.3, 0.4) is 0 Å². The monoisotopic (exact) mass is 492 g/mol. The second-order valence-corrected chi connectivity index (χ2v) is 9.15. The lowest BCUT2D eigenvalue weighted by Crippen LogP contribution is -2.41. The van der Waals surface area contributed by atoms with Gasteiger partial charge in [0.1, 0.15) is 6.26 Å². The maximum atomic E-state index is 12.7. The highest BCUT2D eigenvalue weighted by Gasteiger charge is 2.18. The van der Waals surface area contributed by atoms with Crippen molar-refractivity contribution < 1.29 is 23.4 Å². The molecule has 0 spiro atoms. The van der Waals surface area contributed by atoms with Gasteiger partial charge in [0.2, 0.25) is 12.7 Å². The van der Waals surface area contributed by atoms with Crippen molar-refractivity contribution in [1.29, 1.82) is 0 Å². The highest BCUT2D eigenvalue weighted by Crippen LogP contribution is 2.32. The normalized spacial score (nSPS) is 15.4. The van der Waals surface area contributed by atoms with Gasteiger partial charge < -0.3 is 23.9 Å². The van der Waals surface area contributed by atoms with Gasteiger partial charge in [0.25, 0.3) is 5.91 Å². The van der Waals surface area contributed by atoms with Crippen LogP contribution < -0.4 is 14.8 Å². The summed E-state index contributed by atoms with van der Waals surface area (Å²) in [7, 11) is 0. The van der Waals surface area contributed by atoms with E-state index in [0.717, 1.165) is 57.3 Å². The number of nitrogens with one attached hydrogen (secondary N) is 1. The van der Waals surface area contributed by atoms with Gasteiger partial charge in [0.05, 0.1) is 19.8 Å². The number of oxazole rings is 1. The topological polar surface area (TPSA) is 89.3 Å². The van der Waals surface area contributed by atoms with E-state index in [1.807, 2.05) is 18.2 Å². The number of carbonyl (C=O) groups is 1. The predicted octanol–water partition coefficient (Wildman–Crippen LogP) is 2.98. The lowest BCUT2D eigenvalue weighted by Gasteiger charge is -2.29. The molecule has 1 N–H and O–H groups in total. The molecule has 0 radical (unpaired) electrons. The first-order valence-electron chi connectivity index (χ1n) is 12.3. The minimum atomic E-state index is -0.277. The van der Waals surface area contributed by atoms with Crippen molar-refractivity contribution in [2.24, 2.45) is 0 Å². The first kappa shape index (κ1) is 24.3. The third kappa shape index (κ3) is 6.42. The zero-order chi connectivity index (χ0) is 24.7. The molecule has 0 saturated carbocycles. The van der Waals surface area contributed by atoms with E-state index in [4.69, 9.17) is 18.6 Å². The molecule has 36 heavy (non-hydrogen) atoms. The number of hydrogen-bond acceptors (Lipinski definition) is 8. The summed E-state index contributed by atoms with van der Waals surface area (Å²) in [6.45, 7) is 9.25. The lowest BCUT2D eigenvalue weighted by molar-refractivity contribution is 0.0320. The van der Waals surface area contributed by atoms with Crippen LogP contribution >= 0.6 is 0 Å². The summed E-state index contributed by atoms with van der Waals surface area (Å²) in [6.07, 6.45) is 1.43. The van der Waals surface area contributed by atoms with Crippen molar-refractivity contribution in [2.45, 2.75) is 26.6 Å². The standard InChI is InChI=1S/C27H32N4O5/c1-20-3-2-4-22(13-20)16-31(8-7-30-9-11-33-12-10-30)17-26-29-23(18-34-26)27(32)28-15-21-5-6-24-25(14-21)36-19-35-24/h2-6,13-14,18H,7-12,15-17,19H2,1H3,(H,28,32). The third-order valence-electron chi connectivity index (χ3n) is 6.36. The van der Waals surface area contributed by atoms with Crippen LogP contribution in [0.25, 0.3) is 0 Å². The summed E-state index contributed by atoms with van der Waals surface area (Å²) < 4.78 is 21.9. The summed E-state index contributed by atoms with van der Waals surface area (Å²) in [5, 5.41) is 2.90. The van der Waals surface area contributed by atoms with Gasteiger partial charge in [-0.2, -0.15) is 0 Å². The molecule has 0 aliphatic carbocycles. The molecule has 2 aromatic carbocycles. The Kier molecular flexibility index (Phi) is 7.80. The summed E-state index contributed by atoms with van der Waals surface area (Å²) in [5.74, 6) is 1.66. The highest BCUT2D eigenvalue weighted by molar-refractivity contribution is 5.91. The van der Waals surface area contributed by atoms with Crippen LogP contribution in [0, 0.1) is 6.92 Å². The van der Waals surface area contributed by atoms with Crippen LogP contribution in [0.4, 0.5) is 0 Å². The molecule has 1 aromatic heterocycles. The second kappa shape index (κ2) is 11.6. The fourth-order valence-electron chi connectivity index (χ4n) is 4.39. The fraction of sp³-hybridized carbons (Fsp3) is 0.407. The van der Waals surface area contributed by atoms with E-state index in [9.17, 15) is 4.79 Å². The first-order valence-corrected chi connectivity index (χ1v) is 12.3. The molecular weight excluding hydrogens is 460 g/mol. The van der Waals surface area contributed by atoms with E-state index in [1.54, 1.807) is 0 Å². The predicted molar refractivity (Wildman–Crippen MR) is 133 cm³/mol. The fourth-order valence-corrected chi connectivity index (χ4v) is 4.39. The van der Waals surface area contributed by atoms with E-state index in [1.165, 1.54) is 17.4 Å². The molecular formula is C27H32N4O5. The molecule has 0 atom stereocenters. The van der Waals surface area contributed by atoms with Gasteiger partial charge in [-0.05, 0) is 30.2 Å². The average Bonchev–Trinajstić information content (AvgIpc) is 3.56. The number of fused-ring (bicyclic) bond motifs is 1. The maximum absolute atomic E-state index is 12.7. The van der Waals surface area contributed by atoms with Gasteiger partial charge in [-0.3, -0.25) is 14.6 Å². The van der Waals surface area contributed by atoms with Crippen LogP contribution in [-0.2, 0) is 24.4 Å². The number of amides is 1. The Labute approximate surface area is 210 Å². The molecule has 3 heterocycles. The number of morpholine rings is 1. The number of carbonyl (C=O) groups excluding carboxylic acids is 1. The number of ether oxygens (including phenoxy) is 3. The number of benzene rings is 2. The van der Waals surface area contributed by atoms with Gasteiger partial charge in [0.15, 0.2) is 17.2 Å². The third-order valence-corrected chi connectivity index (χ3v) is 6.36. The van der Waals surface area contributed by atoms with Crippen molar-refractivity contribution in [3.05, 3.63) is 77.0 Å². The van der Waals surface area contributed by atoms with Crippen LogP contribution in [0.1, 0.15) is 33.1 Å². The first-order chi connectivity index (χ1) is 17.6. The summed E-state index contributed by atoms with van der Waals surface area (Å²) in [5.41, 5.74) is 3.67. The molecule has 5 rings (SSSR count). The van der Waals surface area contributed by atoms with Gasteiger partial charge >= 0.3 is 0 Å². The number of nitrogens with zero attached hydrogens (tertiary/aromatic N) is 3. The van der Waals surface area contributed by atoms with E-state index in [2.05, 4.69) is 51.3 Å². The largest absolute Gasteiger partial charge is 0.454 e. The van der Waals surface area contributed by atoms with Gasteiger partial charge in [-0.1, -0.05) is 35.9 Å². The Bertz CT molecular complexity index is 1170. The number of aromatic nitrogens is 1. The summed E-state index contributed by atoms with van der Waals surface area (Å²) in [4.78, 5) is 21.9. The number of hydrogen-bond donors (Lipinski definition) is 1. The Morgan fingerprint density at radius 3 is 2.78 bits per heavy atom. The van der Waals surface area contributed by atoms with Crippen LogP contribution in [0.5, 0.6) is 11.5 Å². The smallest absolute Gasteiger partial charge is 0.273 e. The quantitative estimate of drug-likeness (QED) is 0.462. The highest BCUT2D eigenvalue weighted by atomic mass is 16.7. The Morgan fingerprint density at radius 1 is 1.06 bits per heavy atom. The molecule has 1 amide bonds. The molecule has 3 aromatic rings. The SMILES string of the molecule is Cc1cccc(CN(CCN2CCOCC2)Cc2nc(C(=O)NCc3ccc4c(c3)OCO4)co2)c1. The minimum absolute atomic E-state index is 0.222.